The Kier molecular flexibility index (Phi) is 5.23. The minimum absolute atomic E-state index is 0.0588. The number of aliphatic hydroxyl groups excluding tert-OH is 1. The van der Waals surface area contributed by atoms with Gasteiger partial charge in [-0.05, 0) is 13.6 Å². The Labute approximate surface area is 140 Å². The molecule has 0 bridgehead atoms. The number of nitriles is 1. The molecule has 0 aliphatic heterocycles. The van der Waals surface area contributed by atoms with Gasteiger partial charge >= 0.3 is 6.18 Å². The lowest BCUT2D eigenvalue weighted by Gasteiger charge is -2.16. The Bertz CT molecular complexity index is 793. The van der Waals surface area contributed by atoms with E-state index >= 15 is 0 Å². The minimum atomic E-state index is -4.91. The summed E-state index contributed by atoms with van der Waals surface area (Å²) < 4.78 is 58.6. The van der Waals surface area contributed by atoms with Gasteiger partial charge in [0.1, 0.15) is 35.6 Å². The number of aromatic nitrogens is 1. The smallest absolute Gasteiger partial charge is 0.433 e. The van der Waals surface area contributed by atoms with Crippen LogP contribution in [0.1, 0.15) is 18.9 Å². The molecule has 1 saturated carbocycles. The molecule has 0 radical (unpaired) electrons. The highest BCUT2D eigenvalue weighted by molar-refractivity contribution is 5.49. The van der Waals surface area contributed by atoms with E-state index < -0.39 is 36.1 Å². The Morgan fingerprint density at radius 1 is 1.48 bits per heavy atom. The van der Waals surface area contributed by atoms with Gasteiger partial charge in [-0.2, -0.15) is 18.4 Å². The van der Waals surface area contributed by atoms with E-state index in [1.807, 2.05) is 6.07 Å². The number of rotatable bonds is 3. The third-order valence-electron chi connectivity index (χ3n) is 3.58. The molecule has 0 aromatic carbocycles. The molecule has 5 nitrogen and oxygen atoms in total. The molecule has 1 N–H and O–H groups in total. The van der Waals surface area contributed by atoms with E-state index in [9.17, 15) is 22.7 Å². The highest BCUT2D eigenvalue weighted by Gasteiger charge is 2.45. The third-order valence-corrected chi connectivity index (χ3v) is 3.58. The molecule has 0 saturated heterocycles. The van der Waals surface area contributed by atoms with Gasteiger partial charge in [0.2, 0.25) is 0 Å². The summed E-state index contributed by atoms with van der Waals surface area (Å²) in [5, 5.41) is 18.6. The quantitative estimate of drug-likeness (QED) is 0.513. The van der Waals surface area contributed by atoms with Crippen molar-refractivity contribution in [3.63, 3.8) is 0 Å². The molecule has 1 aromatic rings. The van der Waals surface area contributed by atoms with Crippen molar-refractivity contribution in [3.05, 3.63) is 46.6 Å². The first kappa shape index (κ1) is 18.6. The van der Waals surface area contributed by atoms with Crippen LogP contribution < -0.4 is 4.74 Å². The van der Waals surface area contributed by atoms with E-state index in [2.05, 4.69) is 16.7 Å². The molecule has 0 spiro atoms. The predicted molar refractivity (Wildman–Crippen MR) is 80.4 cm³/mol. The molecule has 1 heterocycles. The van der Waals surface area contributed by atoms with Gasteiger partial charge in [0.05, 0.1) is 11.8 Å². The van der Waals surface area contributed by atoms with Gasteiger partial charge in [0.25, 0.3) is 0 Å². The summed E-state index contributed by atoms with van der Waals surface area (Å²) in [4.78, 5) is 6.69. The van der Waals surface area contributed by atoms with Crippen molar-refractivity contribution >= 4 is 6.72 Å². The van der Waals surface area contributed by atoms with Gasteiger partial charge in [-0.1, -0.05) is 0 Å². The van der Waals surface area contributed by atoms with E-state index in [1.165, 1.54) is 25.4 Å². The molecular formula is C16H13F4N3O2. The van der Waals surface area contributed by atoms with Crippen LogP contribution in [0.2, 0.25) is 0 Å². The molecule has 1 aromatic heterocycles. The molecule has 1 aliphatic rings. The summed E-state index contributed by atoms with van der Waals surface area (Å²) in [6.45, 7) is 4.19. The maximum absolute atomic E-state index is 13.9. The number of nitrogens with zero attached hydrogens (tertiary/aromatic N) is 3. The number of pyridine rings is 1. The maximum atomic E-state index is 13.9. The SMILES string of the molecule is C=NC(=C1/C(=C(\C)Oc2cncc(C#N)c2)C[C@@H](F)[C@H]1O)C(F)(F)F. The molecule has 132 valence electrons. The van der Waals surface area contributed by atoms with Gasteiger partial charge in [0, 0.05) is 29.8 Å². The van der Waals surface area contributed by atoms with Crippen LogP contribution in [0.5, 0.6) is 5.75 Å². The lowest BCUT2D eigenvalue weighted by Crippen LogP contribution is -2.21. The molecule has 1 fully saturated rings. The standard InChI is InChI=1S/C16H13F4N3O2/c1-8(25-10-3-9(5-21)6-23-7-10)11-4-12(17)14(24)13(11)15(22-2)16(18,19)20/h3,6-7,12,14,24H,2,4H2,1H3/b11-8+,15-13?/t12-,14-/m1/s1. The van der Waals surface area contributed by atoms with Crippen molar-refractivity contribution in [2.75, 3.05) is 0 Å². The van der Waals surface area contributed by atoms with E-state index in [4.69, 9.17) is 10.00 Å². The number of ether oxygens (including phenoxy) is 1. The van der Waals surface area contributed by atoms with Crippen LogP contribution in [0.4, 0.5) is 17.6 Å². The number of aliphatic hydroxyl groups is 1. The van der Waals surface area contributed by atoms with Crippen LogP contribution in [-0.4, -0.2) is 35.3 Å². The highest BCUT2D eigenvalue weighted by Crippen LogP contribution is 2.42. The Hall–Kier alpha value is -2.73. The summed E-state index contributed by atoms with van der Waals surface area (Å²) in [6, 6.07) is 3.17. The zero-order valence-corrected chi connectivity index (χ0v) is 13.0. The average Bonchev–Trinajstić information content (AvgIpc) is 2.83. The van der Waals surface area contributed by atoms with Crippen LogP contribution in [0.25, 0.3) is 0 Å². The van der Waals surface area contributed by atoms with Crippen LogP contribution in [0, 0.1) is 11.3 Å². The summed E-state index contributed by atoms with van der Waals surface area (Å²) in [6.07, 6.45) is -6.76. The first-order valence-corrected chi connectivity index (χ1v) is 7.02. The number of alkyl halides is 4. The van der Waals surface area contributed by atoms with E-state index in [1.54, 1.807) is 0 Å². The van der Waals surface area contributed by atoms with Crippen molar-refractivity contribution in [2.24, 2.45) is 4.99 Å². The van der Waals surface area contributed by atoms with Gasteiger partial charge in [-0.3, -0.25) is 9.98 Å². The highest BCUT2D eigenvalue weighted by atomic mass is 19.4. The lowest BCUT2D eigenvalue weighted by atomic mass is 10.0. The fourth-order valence-corrected chi connectivity index (χ4v) is 2.49. The van der Waals surface area contributed by atoms with Crippen molar-refractivity contribution in [2.45, 2.75) is 31.8 Å². The average molecular weight is 355 g/mol. The Morgan fingerprint density at radius 2 is 2.16 bits per heavy atom. The molecule has 2 rings (SSSR count). The van der Waals surface area contributed by atoms with Crippen molar-refractivity contribution in [3.8, 4) is 11.8 Å². The minimum Gasteiger partial charge on any atom is -0.460 e. The van der Waals surface area contributed by atoms with E-state index in [0.717, 1.165) is 0 Å². The summed E-state index contributed by atoms with van der Waals surface area (Å²) in [7, 11) is 0. The van der Waals surface area contributed by atoms with E-state index in [0.29, 0.717) is 0 Å². The first-order chi connectivity index (χ1) is 11.7. The van der Waals surface area contributed by atoms with Crippen molar-refractivity contribution < 1.29 is 27.4 Å². The molecular weight excluding hydrogens is 342 g/mol. The second-order valence-corrected chi connectivity index (χ2v) is 5.24. The monoisotopic (exact) mass is 355 g/mol. The molecule has 25 heavy (non-hydrogen) atoms. The van der Waals surface area contributed by atoms with Crippen LogP contribution >= 0.6 is 0 Å². The number of halogens is 4. The number of hydrogen-bond donors (Lipinski definition) is 1. The topological polar surface area (TPSA) is 78.5 Å². The predicted octanol–water partition coefficient (Wildman–Crippen LogP) is 3.23. The summed E-state index contributed by atoms with van der Waals surface area (Å²) in [5.74, 6) is 0.0387. The molecule has 0 unspecified atom stereocenters. The van der Waals surface area contributed by atoms with Crippen LogP contribution in [-0.2, 0) is 0 Å². The number of allylic oxidation sites excluding steroid dienone is 2. The van der Waals surface area contributed by atoms with Gasteiger partial charge in [0.15, 0.2) is 0 Å². The fraction of sp³-hybridized carbons (Fsp3) is 0.312. The van der Waals surface area contributed by atoms with Gasteiger partial charge < -0.3 is 9.84 Å². The molecule has 9 heteroatoms. The van der Waals surface area contributed by atoms with Gasteiger partial charge in [-0.25, -0.2) is 4.39 Å². The second kappa shape index (κ2) is 7.03. The lowest BCUT2D eigenvalue weighted by molar-refractivity contribution is -0.0939. The van der Waals surface area contributed by atoms with Crippen molar-refractivity contribution in [1.82, 2.24) is 4.98 Å². The van der Waals surface area contributed by atoms with E-state index in [-0.39, 0.29) is 22.6 Å². The largest absolute Gasteiger partial charge is 0.460 e. The Morgan fingerprint density at radius 3 is 2.72 bits per heavy atom. The van der Waals surface area contributed by atoms with Crippen LogP contribution in [0.15, 0.2) is 46.1 Å². The third kappa shape index (κ3) is 3.85. The zero-order chi connectivity index (χ0) is 18.8. The van der Waals surface area contributed by atoms with Crippen LogP contribution in [0.3, 0.4) is 0 Å². The number of aliphatic imine (C=N–C) groups is 1. The Balaban J connectivity index is 2.53. The fourth-order valence-electron chi connectivity index (χ4n) is 2.49. The normalized spacial score (nSPS) is 24.5. The molecule has 0 amide bonds. The molecule has 2 atom stereocenters. The summed E-state index contributed by atoms with van der Waals surface area (Å²) >= 11 is 0. The number of hydrogen-bond acceptors (Lipinski definition) is 5. The summed E-state index contributed by atoms with van der Waals surface area (Å²) in [5.41, 5.74) is -2.12. The molecule has 1 aliphatic carbocycles. The zero-order valence-electron chi connectivity index (χ0n) is 13.0. The second-order valence-electron chi connectivity index (χ2n) is 5.24. The van der Waals surface area contributed by atoms with Crippen molar-refractivity contribution in [1.29, 1.82) is 5.26 Å². The first-order valence-electron chi connectivity index (χ1n) is 7.02. The van der Waals surface area contributed by atoms with Gasteiger partial charge in [-0.15, -0.1) is 0 Å². The maximum Gasteiger partial charge on any atom is 0.433 e.